The standard InChI is InChI=1S/C12H20O12.Na.H/c13-3-5(14)9(19)10(20)6(15)4-24-8(18)2-12(23,11(21)22)1-7(16)17;;/h5-6,9-10,13-15,19-20,23H,1-4H2,(H,16,17)(H,21,22);;/q;+1;-1/t5-,6-,9-,10-,12?;;/m1../s1. The Morgan fingerprint density at radius 2 is 1.44 bits per heavy atom. The minimum Gasteiger partial charge on any atom is -1.00 e. The normalized spacial score (nSPS) is 18.0. The van der Waals surface area contributed by atoms with E-state index in [1.54, 1.807) is 0 Å². The molecule has 0 saturated heterocycles. The largest absolute Gasteiger partial charge is 1.00 e. The minimum absolute atomic E-state index is 0. The van der Waals surface area contributed by atoms with E-state index in [0.29, 0.717) is 0 Å². The van der Waals surface area contributed by atoms with Crippen LogP contribution in [-0.2, 0) is 19.1 Å². The smallest absolute Gasteiger partial charge is 1.00 e. The summed E-state index contributed by atoms with van der Waals surface area (Å²) in [5, 5.41) is 72.8. The molecule has 0 rings (SSSR count). The number of hydrogen-bond acceptors (Lipinski definition) is 10. The summed E-state index contributed by atoms with van der Waals surface area (Å²) in [6.45, 7) is -1.86. The molecule has 1 unspecified atom stereocenters. The molecule has 142 valence electrons. The zero-order valence-electron chi connectivity index (χ0n) is 14.3. The van der Waals surface area contributed by atoms with E-state index in [4.69, 9.17) is 20.4 Å². The average molecular weight is 380 g/mol. The van der Waals surface area contributed by atoms with E-state index in [1.807, 2.05) is 0 Å². The van der Waals surface area contributed by atoms with Gasteiger partial charge in [0, 0.05) is 0 Å². The molecule has 12 nitrogen and oxygen atoms in total. The van der Waals surface area contributed by atoms with Crippen molar-refractivity contribution in [3.05, 3.63) is 0 Å². The summed E-state index contributed by atoms with van der Waals surface area (Å²) in [6.07, 6.45) is -10.1. The first kappa shape index (κ1) is 26.4. The van der Waals surface area contributed by atoms with Crippen LogP contribution in [0.15, 0.2) is 0 Å². The first-order valence-corrected chi connectivity index (χ1v) is 6.61. The molecule has 0 aliphatic rings. The van der Waals surface area contributed by atoms with Crippen molar-refractivity contribution in [1.29, 1.82) is 0 Å². The number of rotatable bonds is 11. The number of aliphatic hydroxyl groups excluding tert-OH is 5. The maximum absolute atomic E-state index is 11.4. The molecule has 0 aromatic carbocycles. The van der Waals surface area contributed by atoms with E-state index in [2.05, 4.69) is 4.74 Å². The molecule has 0 fully saturated rings. The molecule has 8 N–H and O–H groups in total. The molecular weight excluding hydrogens is 359 g/mol. The number of ether oxygens (including phenoxy) is 1. The van der Waals surface area contributed by atoms with Crippen LogP contribution in [0.4, 0.5) is 0 Å². The van der Waals surface area contributed by atoms with Gasteiger partial charge in [0.05, 0.1) is 19.4 Å². The van der Waals surface area contributed by atoms with E-state index < -0.39 is 74.0 Å². The van der Waals surface area contributed by atoms with Gasteiger partial charge >= 0.3 is 47.5 Å². The van der Waals surface area contributed by atoms with Crippen LogP contribution in [-0.4, -0.2) is 102 Å². The van der Waals surface area contributed by atoms with Crippen LogP contribution in [0.1, 0.15) is 14.3 Å². The van der Waals surface area contributed by atoms with Gasteiger partial charge < -0.3 is 47.0 Å². The van der Waals surface area contributed by atoms with Gasteiger partial charge in [0.1, 0.15) is 31.0 Å². The molecule has 0 heterocycles. The maximum Gasteiger partial charge on any atom is 1.00 e. The minimum atomic E-state index is -2.92. The van der Waals surface area contributed by atoms with Gasteiger partial charge in [0.2, 0.25) is 0 Å². The monoisotopic (exact) mass is 380 g/mol. The number of carboxylic acid groups (broad SMARTS) is 2. The summed E-state index contributed by atoms with van der Waals surface area (Å²) in [7, 11) is 0. The van der Waals surface area contributed by atoms with Gasteiger partial charge in [0.25, 0.3) is 0 Å². The zero-order chi connectivity index (χ0) is 19.1. The summed E-state index contributed by atoms with van der Waals surface area (Å²) >= 11 is 0. The summed E-state index contributed by atoms with van der Waals surface area (Å²) in [5.41, 5.74) is -2.92. The fourth-order valence-corrected chi connectivity index (χ4v) is 1.59. The van der Waals surface area contributed by atoms with Gasteiger partial charge in [-0.1, -0.05) is 0 Å². The van der Waals surface area contributed by atoms with E-state index in [0.717, 1.165) is 0 Å². The van der Waals surface area contributed by atoms with Gasteiger partial charge in [0.15, 0.2) is 5.60 Å². The van der Waals surface area contributed by atoms with E-state index in [9.17, 15) is 34.8 Å². The SMILES string of the molecule is O=C(O)CC(O)(CC(=O)OC[C@@H](O)[C@@H](O)[C@H](O)[C@H](O)CO)C(=O)O.[H-].[Na+]. The second-order valence-electron chi connectivity index (χ2n) is 5.07. The van der Waals surface area contributed by atoms with Gasteiger partial charge in [-0.2, -0.15) is 0 Å². The number of esters is 1. The molecule has 0 aliphatic heterocycles. The maximum atomic E-state index is 11.4. The Balaban J connectivity index is -0.00000264. The molecule has 0 radical (unpaired) electrons. The zero-order valence-corrected chi connectivity index (χ0v) is 15.3. The van der Waals surface area contributed by atoms with Crippen LogP contribution in [0.2, 0.25) is 0 Å². The van der Waals surface area contributed by atoms with Crippen molar-refractivity contribution in [2.45, 2.75) is 42.9 Å². The molecule has 25 heavy (non-hydrogen) atoms. The fourth-order valence-electron chi connectivity index (χ4n) is 1.59. The van der Waals surface area contributed by atoms with E-state index in [-0.39, 0.29) is 31.0 Å². The van der Waals surface area contributed by atoms with Crippen molar-refractivity contribution in [3.63, 3.8) is 0 Å². The van der Waals surface area contributed by atoms with Crippen molar-refractivity contribution in [3.8, 4) is 0 Å². The van der Waals surface area contributed by atoms with E-state index >= 15 is 0 Å². The number of carboxylic acids is 2. The molecular formula is C12H21NaO12. The Morgan fingerprint density at radius 1 is 0.960 bits per heavy atom. The quantitative estimate of drug-likeness (QED) is 0.124. The number of hydrogen-bond donors (Lipinski definition) is 8. The summed E-state index contributed by atoms with van der Waals surface area (Å²) in [6, 6.07) is 0. The Bertz CT molecular complexity index is 463. The van der Waals surface area contributed by atoms with Crippen LogP contribution in [0.5, 0.6) is 0 Å². The van der Waals surface area contributed by atoms with Crippen LogP contribution in [0.25, 0.3) is 0 Å². The second kappa shape index (κ2) is 11.7. The molecule has 13 heteroatoms. The van der Waals surface area contributed by atoms with E-state index in [1.165, 1.54) is 0 Å². The van der Waals surface area contributed by atoms with Crippen LogP contribution in [0.3, 0.4) is 0 Å². The summed E-state index contributed by atoms with van der Waals surface area (Å²) < 4.78 is 4.40. The van der Waals surface area contributed by atoms with Crippen molar-refractivity contribution in [2.75, 3.05) is 13.2 Å². The number of aliphatic hydroxyl groups is 6. The Hall–Kier alpha value is -0.830. The molecule has 0 spiro atoms. The molecule has 0 bridgehead atoms. The Morgan fingerprint density at radius 3 is 1.84 bits per heavy atom. The van der Waals surface area contributed by atoms with Crippen LogP contribution < -0.4 is 29.6 Å². The molecule has 0 aromatic rings. The summed E-state index contributed by atoms with van der Waals surface area (Å²) in [5.74, 6) is -5.03. The van der Waals surface area contributed by atoms with Crippen molar-refractivity contribution < 1.29 is 91.0 Å². The average Bonchev–Trinajstić information content (AvgIpc) is 2.49. The van der Waals surface area contributed by atoms with Gasteiger partial charge in [-0.25, -0.2) is 4.79 Å². The van der Waals surface area contributed by atoms with Gasteiger partial charge in [-0.05, 0) is 0 Å². The summed E-state index contributed by atoms with van der Waals surface area (Å²) in [4.78, 5) is 32.8. The molecule has 0 aliphatic carbocycles. The van der Waals surface area contributed by atoms with Crippen LogP contribution >= 0.6 is 0 Å². The Kier molecular flexibility index (Phi) is 12.4. The predicted molar refractivity (Wildman–Crippen MR) is 72.6 cm³/mol. The topological polar surface area (TPSA) is 222 Å². The first-order chi connectivity index (χ1) is 10.9. The first-order valence-electron chi connectivity index (χ1n) is 6.61. The van der Waals surface area contributed by atoms with Crippen molar-refractivity contribution >= 4 is 17.9 Å². The number of aliphatic carboxylic acids is 2. The fraction of sp³-hybridized carbons (Fsp3) is 0.750. The molecule has 0 saturated carbocycles. The molecule has 5 atom stereocenters. The third kappa shape index (κ3) is 8.89. The number of carbonyl (C=O) groups is 3. The third-order valence-electron chi connectivity index (χ3n) is 3.02. The van der Waals surface area contributed by atoms with Crippen molar-refractivity contribution in [2.24, 2.45) is 0 Å². The molecule has 0 amide bonds. The van der Waals surface area contributed by atoms with Gasteiger partial charge in [-0.3, -0.25) is 9.59 Å². The van der Waals surface area contributed by atoms with Crippen LogP contribution in [0, 0.1) is 0 Å². The third-order valence-corrected chi connectivity index (χ3v) is 3.02. The number of carbonyl (C=O) groups excluding carboxylic acids is 1. The molecule has 0 aromatic heterocycles. The van der Waals surface area contributed by atoms with Crippen molar-refractivity contribution in [1.82, 2.24) is 0 Å². The van der Waals surface area contributed by atoms with Gasteiger partial charge in [-0.15, -0.1) is 0 Å². The second-order valence-corrected chi connectivity index (χ2v) is 5.07. The Labute approximate surface area is 165 Å². The predicted octanol–water partition coefficient (Wildman–Crippen LogP) is -7.24.